The smallest absolute Gasteiger partial charge is 0.123 e. The summed E-state index contributed by atoms with van der Waals surface area (Å²) in [6, 6.07) is 4.27. The molecule has 0 radical (unpaired) electrons. The van der Waals surface area contributed by atoms with E-state index in [0.717, 1.165) is 13.1 Å². The van der Waals surface area contributed by atoms with E-state index in [1.165, 1.54) is 18.2 Å². The van der Waals surface area contributed by atoms with Gasteiger partial charge in [0.1, 0.15) is 5.82 Å². The zero-order chi connectivity index (χ0) is 13.0. The van der Waals surface area contributed by atoms with Gasteiger partial charge in [0.15, 0.2) is 0 Å². The number of nitrogens with one attached hydrogen (secondary N) is 1. The molecule has 1 saturated heterocycles. The fourth-order valence-electron chi connectivity index (χ4n) is 1.92. The summed E-state index contributed by atoms with van der Waals surface area (Å²) in [6.45, 7) is 4.44. The van der Waals surface area contributed by atoms with Gasteiger partial charge in [0, 0.05) is 18.1 Å². The number of ether oxygens (including phenoxy) is 2. The highest BCUT2D eigenvalue weighted by atomic mass is 35.5. The first-order chi connectivity index (χ1) is 8.65. The molecule has 0 amide bonds. The molecule has 100 valence electrons. The third-order valence-corrected chi connectivity index (χ3v) is 3.17. The normalized spacial score (nSPS) is 24.2. The van der Waals surface area contributed by atoms with E-state index in [2.05, 4.69) is 5.32 Å². The van der Waals surface area contributed by atoms with Gasteiger partial charge in [-0.2, -0.15) is 0 Å². The van der Waals surface area contributed by atoms with Gasteiger partial charge >= 0.3 is 0 Å². The van der Waals surface area contributed by atoms with Gasteiger partial charge in [0.25, 0.3) is 0 Å². The first-order valence-electron chi connectivity index (χ1n) is 6.03. The lowest BCUT2D eigenvalue weighted by molar-refractivity contribution is -0.0716. The van der Waals surface area contributed by atoms with Crippen molar-refractivity contribution >= 4 is 11.6 Å². The average molecular weight is 274 g/mol. The van der Waals surface area contributed by atoms with E-state index in [1.54, 1.807) is 0 Å². The molecular weight excluding hydrogens is 257 g/mol. The number of hydrogen-bond acceptors (Lipinski definition) is 3. The number of morpholine rings is 1. The maximum Gasteiger partial charge on any atom is 0.123 e. The maximum atomic E-state index is 13.0. The maximum absolute atomic E-state index is 13.0. The van der Waals surface area contributed by atoms with Crippen LogP contribution < -0.4 is 5.32 Å². The molecule has 0 aliphatic carbocycles. The zero-order valence-corrected chi connectivity index (χ0v) is 11.0. The molecule has 5 heteroatoms. The van der Waals surface area contributed by atoms with Crippen LogP contribution in [0, 0.1) is 5.82 Å². The van der Waals surface area contributed by atoms with Crippen molar-refractivity contribution in [3.05, 3.63) is 34.6 Å². The average Bonchev–Trinajstić information content (AvgIpc) is 2.34. The van der Waals surface area contributed by atoms with Crippen molar-refractivity contribution in [2.45, 2.75) is 25.7 Å². The number of rotatable bonds is 4. The quantitative estimate of drug-likeness (QED) is 0.914. The SMILES string of the molecule is CC1CNCC(COCc2cc(F)ccc2Cl)O1. The van der Waals surface area contributed by atoms with Crippen LogP contribution in [0.5, 0.6) is 0 Å². The molecule has 2 rings (SSSR count). The predicted octanol–water partition coefficient (Wildman–Crippen LogP) is 2.37. The first-order valence-corrected chi connectivity index (χ1v) is 6.41. The Morgan fingerprint density at radius 1 is 1.50 bits per heavy atom. The van der Waals surface area contributed by atoms with E-state index in [-0.39, 0.29) is 18.0 Å². The lowest BCUT2D eigenvalue weighted by Crippen LogP contribution is -2.45. The van der Waals surface area contributed by atoms with Crippen molar-refractivity contribution in [2.24, 2.45) is 0 Å². The summed E-state index contributed by atoms with van der Waals surface area (Å²) in [6.07, 6.45) is 0.242. The molecule has 0 aromatic heterocycles. The van der Waals surface area contributed by atoms with E-state index >= 15 is 0 Å². The van der Waals surface area contributed by atoms with Crippen LogP contribution in [-0.4, -0.2) is 31.9 Å². The topological polar surface area (TPSA) is 30.5 Å². The molecule has 1 N–H and O–H groups in total. The number of hydrogen-bond donors (Lipinski definition) is 1. The Morgan fingerprint density at radius 3 is 3.11 bits per heavy atom. The monoisotopic (exact) mass is 273 g/mol. The van der Waals surface area contributed by atoms with Gasteiger partial charge in [-0.25, -0.2) is 4.39 Å². The van der Waals surface area contributed by atoms with Crippen LogP contribution >= 0.6 is 11.6 Å². The van der Waals surface area contributed by atoms with Gasteiger partial charge < -0.3 is 14.8 Å². The highest BCUT2D eigenvalue weighted by Crippen LogP contribution is 2.18. The minimum absolute atomic E-state index is 0.0427. The van der Waals surface area contributed by atoms with E-state index in [0.29, 0.717) is 23.8 Å². The molecule has 1 aliphatic heterocycles. The van der Waals surface area contributed by atoms with Gasteiger partial charge in [0.05, 0.1) is 25.4 Å². The Morgan fingerprint density at radius 2 is 2.33 bits per heavy atom. The van der Waals surface area contributed by atoms with E-state index in [1.807, 2.05) is 6.92 Å². The standard InChI is InChI=1S/C13H17ClFNO2/c1-9-5-16-6-12(18-9)8-17-7-10-4-11(15)2-3-13(10)14/h2-4,9,12,16H,5-8H2,1H3. The van der Waals surface area contributed by atoms with Crippen LogP contribution in [0.4, 0.5) is 4.39 Å². The van der Waals surface area contributed by atoms with Gasteiger partial charge in [-0.05, 0) is 30.7 Å². The lowest BCUT2D eigenvalue weighted by Gasteiger charge is -2.28. The van der Waals surface area contributed by atoms with Crippen LogP contribution in [0.1, 0.15) is 12.5 Å². The molecule has 2 atom stereocenters. The predicted molar refractivity (Wildman–Crippen MR) is 68.3 cm³/mol. The fraction of sp³-hybridized carbons (Fsp3) is 0.538. The Kier molecular flexibility index (Phi) is 4.95. The second-order valence-corrected chi connectivity index (χ2v) is 4.89. The lowest BCUT2D eigenvalue weighted by atomic mass is 10.2. The number of benzene rings is 1. The van der Waals surface area contributed by atoms with Gasteiger partial charge in [0.2, 0.25) is 0 Å². The van der Waals surface area contributed by atoms with Gasteiger partial charge in [-0.3, -0.25) is 0 Å². The minimum Gasteiger partial charge on any atom is -0.374 e. The summed E-state index contributed by atoms with van der Waals surface area (Å²) in [7, 11) is 0. The summed E-state index contributed by atoms with van der Waals surface area (Å²) >= 11 is 5.95. The largest absolute Gasteiger partial charge is 0.374 e. The molecule has 2 unspecified atom stereocenters. The van der Waals surface area contributed by atoms with Crippen LogP contribution in [0.2, 0.25) is 5.02 Å². The zero-order valence-electron chi connectivity index (χ0n) is 10.3. The Hall–Kier alpha value is -0.680. The van der Waals surface area contributed by atoms with Gasteiger partial charge in [-0.15, -0.1) is 0 Å². The molecule has 3 nitrogen and oxygen atoms in total. The summed E-state index contributed by atoms with van der Waals surface area (Å²) in [5.41, 5.74) is 0.661. The molecular formula is C13H17ClFNO2. The Balaban J connectivity index is 1.79. The Bertz CT molecular complexity index is 403. The fourth-order valence-corrected chi connectivity index (χ4v) is 2.10. The van der Waals surface area contributed by atoms with Crippen molar-refractivity contribution < 1.29 is 13.9 Å². The minimum atomic E-state index is -0.304. The third-order valence-electron chi connectivity index (χ3n) is 2.80. The van der Waals surface area contributed by atoms with Gasteiger partial charge in [-0.1, -0.05) is 11.6 Å². The number of halogens is 2. The van der Waals surface area contributed by atoms with Crippen molar-refractivity contribution in [2.75, 3.05) is 19.7 Å². The molecule has 1 aromatic carbocycles. The molecule has 0 saturated carbocycles. The summed E-state index contributed by atoms with van der Waals surface area (Å²) in [4.78, 5) is 0. The molecule has 1 heterocycles. The van der Waals surface area contributed by atoms with Crippen molar-refractivity contribution in [3.8, 4) is 0 Å². The van der Waals surface area contributed by atoms with E-state index < -0.39 is 0 Å². The van der Waals surface area contributed by atoms with E-state index in [9.17, 15) is 4.39 Å². The highest BCUT2D eigenvalue weighted by molar-refractivity contribution is 6.31. The molecule has 1 aromatic rings. The molecule has 0 bridgehead atoms. The van der Waals surface area contributed by atoms with Crippen LogP contribution in [0.3, 0.4) is 0 Å². The van der Waals surface area contributed by atoms with Crippen LogP contribution in [0.25, 0.3) is 0 Å². The van der Waals surface area contributed by atoms with Crippen molar-refractivity contribution in [1.82, 2.24) is 5.32 Å². The third kappa shape index (κ3) is 3.92. The first kappa shape index (κ1) is 13.7. The molecule has 1 aliphatic rings. The summed E-state index contributed by atoms with van der Waals surface area (Å²) in [5, 5.41) is 3.78. The van der Waals surface area contributed by atoms with Crippen molar-refractivity contribution in [3.63, 3.8) is 0 Å². The summed E-state index contributed by atoms with van der Waals surface area (Å²) < 4.78 is 24.2. The second-order valence-electron chi connectivity index (χ2n) is 4.48. The van der Waals surface area contributed by atoms with Crippen LogP contribution in [0.15, 0.2) is 18.2 Å². The molecule has 0 spiro atoms. The highest BCUT2D eigenvalue weighted by Gasteiger charge is 2.18. The van der Waals surface area contributed by atoms with Crippen molar-refractivity contribution in [1.29, 1.82) is 0 Å². The second kappa shape index (κ2) is 6.48. The van der Waals surface area contributed by atoms with Crippen LogP contribution in [-0.2, 0) is 16.1 Å². The Labute approximate surface area is 111 Å². The summed E-state index contributed by atoms with van der Waals surface area (Å²) in [5.74, 6) is -0.304. The van der Waals surface area contributed by atoms with E-state index in [4.69, 9.17) is 21.1 Å². The molecule has 1 fully saturated rings. The molecule has 18 heavy (non-hydrogen) atoms.